The minimum absolute atomic E-state index is 0.229. The molecule has 0 fully saturated rings. The number of ether oxygens (including phenoxy) is 1. The van der Waals surface area contributed by atoms with Gasteiger partial charge in [0, 0.05) is 27.1 Å². The number of nitrogens with two attached hydrogens (primary N) is 1. The largest absolute Gasteiger partial charge is 0.383 e. The van der Waals surface area contributed by atoms with Crippen molar-refractivity contribution >= 4 is 49.1 Å². The maximum atomic E-state index is 5.97. The molecule has 0 saturated heterocycles. The lowest BCUT2D eigenvalue weighted by Crippen LogP contribution is -2.26. The molecule has 0 saturated carbocycles. The molecule has 1 aromatic carbocycles. The van der Waals surface area contributed by atoms with E-state index in [9.17, 15) is 0 Å². The van der Waals surface area contributed by atoms with Gasteiger partial charge in [-0.2, -0.15) is 0 Å². The van der Waals surface area contributed by atoms with Crippen LogP contribution < -0.4 is 11.1 Å². The van der Waals surface area contributed by atoms with Crippen LogP contribution in [0.5, 0.6) is 0 Å². The molecule has 0 amide bonds. The van der Waals surface area contributed by atoms with Crippen molar-refractivity contribution < 1.29 is 4.74 Å². The fourth-order valence-corrected chi connectivity index (χ4v) is 3.54. The molecule has 0 heterocycles. The zero-order valence-corrected chi connectivity index (χ0v) is 14.1. The van der Waals surface area contributed by atoms with Gasteiger partial charge in [-0.05, 0) is 63.4 Å². The van der Waals surface area contributed by atoms with E-state index in [1.54, 1.807) is 7.11 Å². The third kappa shape index (κ3) is 5.05. The Morgan fingerprint density at radius 3 is 2.50 bits per heavy atom. The first kappa shape index (κ1) is 16.2. The first-order chi connectivity index (χ1) is 8.58. The van der Waals surface area contributed by atoms with Crippen LogP contribution >= 0.6 is 43.5 Å². The van der Waals surface area contributed by atoms with Crippen molar-refractivity contribution in [2.75, 3.05) is 25.6 Å². The van der Waals surface area contributed by atoms with E-state index in [2.05, 4.69) is 37.2 Å². The van der Waals surface area contributed by atoms with E-state index < -0.39 is 0 Å². The van der Waals surface area contributed by atoms with Crippen molar-refractivity contribution in [1.29, 1.82) is 0 Å². The number of hydrogen-bond acceptors (Lipinski definition) is 3. The molecule has 102 valence electrons. The second kappa shape index (κ2) is 8.38. The quantitative estimate of drug-likeness (QED) is 0.726. The molecule has 0 aliphatic rings. The Hall–Kier alpha value is 0.190. The molecule has 1 atom stereocenters. The monoisotopic (exact) mass is 398 g/mol. The highest BCUT2D eigenvalue weighted by Gasteiger charge is 2.13. The lowest BCUT2D eigenvalue weighted by molar-refractivity contribution is 0.182. The normalized spacial score (nSPS) is 12.5. The predicted octanol–water partition coefficient (Wildman–Crippen LogP) is 4.03. The van der Waals surface area contributed by atoms with Crippen LogP contribution in [-0.4, -0.2) is 26.3 Å². The molecule has 3 N–H and O–H groups in total. The summed E-state index contributed by atoms with van der Waals surface area (Å²) in [5, 5.41) is 4.13. The lowest BCUT2D eigenvalue weighted by atomic mass is 10.1. The standard InChI is InChI=1S/C12H17Br2ClN2O/c1-18-7-9(3-2-4-16)17-12-10(13)5-8(15)6-11(12)14/h5-6,9,17H,2-4,7,16H2,1H3. The first-order valence-corrected chi connectivity index (χ1v) is 7.65. The summed E-state index contributed by atoms with van der Waals surface area (Å²) in [4.78, 5) is 0. The smallest absolute Gasteiger partial charge is 0.0664 e. The topological polar surface area (TPSA) is 47.3 Å². The van der Waals surface area contributed by atoms with E-state index in [0.29, 0.717) is 18.2 Å². The Balaban J connectivity index is 2.79. The molecule has 0 radical (unpaired) electrons. The number of rotatable bonds is 7. The molecule has 0 aliphatic heterocycles. The van der Waals surface area contributed by atoms with Gasteiger partial charge in [0.1, 0.15) is 0 Å². The minimum atomic E-state index is 0.229. The van der Waals surface area contributed by atoms with Gasteiger partial charge in [0.15, 0.2) is 0 Å². The molecular weight excluding hydrogens is 383 g/mol. The molecule has 0 aliphatic carbocycles. The van der Waals surface area contributed by atoms with E-state index in [1.807, 2.05) is 12.1 Å². The van der Waals surface area contributed by atoms with E-state index >= 15 is 0 Å². The summed E-state index contributed by atoms with van der Waals surface area (Å²) in [6.45, 7) is 1.33. The molecule has 18 heavy (non-hydrogen) atoms. The van der Waals surface area contributed by atoms with Gasteiger partial charge in [-0.25, -0.2) is 0 Å². The van der Waals surface area contributed by atoms with Gasteiger partial charge >= 0.3 is 0 Å². The third-order valence-electron chi connectivity index (χ3n) is 2.48. The highest BCUT2D eigenvalue weighted by Crippen LogP contribution is 2.34. The van der Waals surface area contributed by atoms with Crippen LogP contribution in [0.1, 0.15) is 12.8 Å². The molecular formula is C12H17Br2ClN2O. The molecule has 1 rings (SSSR count). The summed E-state index contributed by atoms with van der Waals surface area (Å²) in [7, 11) is 1.70. The summed E-state index contributed by atoms with van der Waals surface area (Å²) in [6, 6.07) is 3.95. The lowest BCUT2D eigenvalue weighted by Gasteiger charge is -2.21. The van der Waals surface area contributed by atoms with Crippen molar-refractivity contribution in [1.82, 2.24) is 0 Å². The molecule has 0 bridgehead atoms. The zero-order valence-electron chi connectivity index (χ0n) is 10.2. The Bertz CT molecular complexity index is 367. The van der Waals surface area contributed by atoms with Crippen molar-refractivity contribution in [3.8, 4) is 0 Å². The van der Waals surface area contributed by atoms with Crippen molar-refractivity contribution in [2.24, 2.45) is 5.73 Å². The Morgan fingerprint density at radius 1 is 1.39 bits per heavy atom. The van der Waals surface area contributed by atoms with Crippen LogP contribution in [0.25, 0.3) is 0 Å². The Morgan fingerprint density at radius 2 is 2.00 bits per heavy atom. The second-order valence-corrected chi connectivity index (χ2v) is 6.12. The summed E-state index contributed by atoms with van der Waals surface area (Å²) < 4.78 is 7.07. The number of benzene rings is 1. The van der Waals surface area contributed by atoms with E-state index in [4.69, 9.17) is 22.1 Å². The van der Waals surface area contributed by atoms with Gasteiger partial charge in [0.25, 0.3) is 0 Å². The highest BCUT2D eigenvalue weighted by molar-refractivity contribution is 9.11. The zero-order chi connectivity index (χ0) is 13.5. The van der Waals surface area contributed by atoms with Crippen LogP contribution in [0.3, 0.4) is 0 Å². The first-order valence-electron chi connectivity index (χ1n) is 5.68. The Kier molecular flexibility index (Phi) is 7.56. The Labute approximate surface area is 130 Å². The fourth-order valence-electron chi connectivity index (χ4n) is 1.65. The second-order valence-electron chi connectivity index (χ2n) is 3.97. The highest BCUT2D eigenvalue weighted by atomic mass is 79.9. The summed E-state index contributed by atoms with van der Waals surface area (Å²) in [5.41, 5.74) is 6.53. The molecule has 6 heteroatoms. The van der Waals surface area contributed by atoms with Crippen LogP contribution in [0, 0.1) is 0 Å². The number of nitrogens with one attached hydrogen (secondary N) is 1. The summed E-state index contributed by atoms with van der Waals surface area (Å²) >= 11 is 13.0. The summed E-state index contributed by atoms with van der Waals surface area (Å²) in [6.07, 6.45) is 1.93. The number of hydrogen-bond donors (Lipinski definition) is 2. The third-order valence-corrected chi connectivity index (χ3v) is 3.95. The van der Waals surface area contributed by atoms with Crippen LogP contribution in [0.4, 0.5) is 5.69 Å². The number of methoxy groups -OCH3 is 1. The molecule has 0 aromatic heterocycles. The van der Waals surface area contributed by atoms with Gasteiger partial charge in [-0.1, -0.05) is 11.6 Å². The van der Waals surface area contributed by atoms with E-state index in [0.717, 1.165) is 27.5 Å². The van der Waals surface area contributed by atoms with Crippen molar-refractivity contribution in [2.45, 2.75) is 18.9 Å². The fraction of sp³-hybridized carbons (Fsp3) is 0.500. The minimum Gasteiger partial charge on any atom is -0.383 e. The van der Waals surface area contributed by atoms with Gasteiger partial charge in [-0.3, -0.25) is 0 Å². The molecule has 3 nitrogen and oxygen atoms in total. The maximum absolute atomic E-state index is 5.97. The van der Waals surface area contributed by atoms with Crippen molar-refractivity contribution in [3.05, 3.63) is 26.1 Å². The average Bonchev–Trinajstić information content (AvgIpc) is 2.30. The molecule has 1 unspecified atom stereocenters. The summed E-state index contributed by atoms with van der Waals surface area (Å²) in [5.74, 6) is 0. The number of halogens is 3. The molecule has 0 spiro atoms. The molecule has 1 aromatic rings. The van der Waals surface area contributed by atoms with Gasteiger partial charge in [-0.15, -0.1) is 0 Å². The van der Waals surface area contributed by atoms with Gasteiger partial charge < -0.3 is 15.8 Å². The van der Waals surface area contributed by atoms with Gasteiger partial charge in [0.05, 0.1) is 12.3 Å². The van der Waals surface area contributed by atoms with Gasteiger partial charge in [0.2, 0.25) is 0 Å². The number of anilines is 1. The average molecular weight is 401 g/mol. The van der Waals surface area contributed by atoms with Crippen molar-refractivity contribution in [3.63, 3.8) is 0 Å². The van der Waals surface area contributed by atoms with Crippen LogP contribution in [0.15, 0.2) is 21.1 Å². The van der Waals surface area contributed by atoms with E-state index in [1.165, 1.54) is 0 Å². The van der Waals surface area contributed by atoms with E-state index in [-0.39, 0.29) is 6.04 Å². The van der Waals surface area contributed by atoms with Crippen LogP contribution in [0.2, 0.25) is 5.02 Å². The maximum Gasteiger partial charge on any atom is 0.0664 e. The predicted molar refractivity (Wildman–Crippen MR) is 84.4 cm³/mol. The SMILES string of the molecule is COCC(CCCN)Nc1c(Br)cc(Cl)cc1Br. The van der Waals surface area contributed by atoms with Crippen LogP contribution in [-0.2, 0) is 4.74 Å².